The van der Waals surface area contributed by atoms with Crippen molar-refractivity contribution < 1.29 is 15.1 Å². The molecule has 7 heteroatoms. The summed E-state index contributed by atoms with van der Waals surface area (Å²) < 4.78 is 0. The Morgan fingerprint density at radius 3 is 2.53 bits per heavy atom. The van der Waals surface area contributed by atoms with Crippen LogP contribution < -0.4 is 5.73 Å². The lowest BCUT2D eigenvalue weighted by molar-refractivity contribution is -0.385. The third-order valence-corrected chi connectivity index (χ3v) is 3.18. The zero-order chi connectivity index (χ0) is 13.9. The van der Waals surface area contributed by atoms with Crippen molar-refractivity contribution in [1.29, 1.82) is 0 Å². The molecule has 0 bridgehead atoms. The van der Waals surface area contributed by atoms with Gasteiger partial charge < -0.3 is 15.9 Å². The highest BCUT2D eigenvalue weighted by molar-refractivity contribution is 5.85. The van der Waals surface area contributed by atoms with E-state index >= 15 is 0 Å². The van der Waals surface area contributed by atoms with Crippen LogP contribution in [0.15, 0.2) is 18.2 Å². The largest absolute Gasteiger partial charge is 0.508 e. The summed E-state index contributed by atoms with van der Waals surface area (Å²) in [6, 6.07) is 2.77. The Bertz CT molecular complexity index is 442. The molecule has 3 atom stereocenters. The number of halogens is 1. The first-order valence-electron chi connectivity index (χ1n) is 5.79. The normalized spacial score (nSPS) is 15.2. The third-order valence-electron chi connectivity index (χ3n) is 3.18. The van der Waals surface area contributed by atoms with Crippen LogP contribution in [0.4, 0.5) is 5.69 Å². The molecule has 6 nitrogen and oxygen atoms in total. The highest BCUT2D eigenvalue weighted by Gasteiger charge is 2.25. The molecule has 0 fully saturated rings. The topological polar surface area (TPSA) is 110 Å². The van der Waals surface area contributed by atoms with Gasteiger partial charge in [-0.1, -0.05) is 20.3 Å². The summed E-state index contributed by atoms with van der Waals surface area (Å²) in [5.41, 5.74) is 5.89. The maximum atomic E-state index is 10.7. The molecular formula is C12H19ClN2O4. The fourth-order valence-electron chi connectivity index (χ4n) is 1.70. The van der Waals surface area contributed by atoms with Crippen LogP contribution in [0.25, 0.3) is 0 Å². The first-order chi connectivity index (χ1) is 8.38. The molecule has 0 aromatic heterocycles. The Morgan fingerprint density at radius 2 is 2.05 bits per heavy atom. The van der Waals surface area contributed by atoms with E-state index in [-0.39, 0.29) is 35.3 Å². The highest BCUT2D eigenvalue weighted by atomic mass is 35.5. The maximum absolute atomic E-state index is 10.7. The third kappa shape index (κ3) is 4.05. The van der Waals surface area contributed by atoms with Crippen LogP contribution in [0.2, 0.25) is 0 Å². The molecule has 0 aliphatic carbocycles. The molecule has 1 rings (SSSR count). The monoisotopic (exact) mass is 290 g/mol. The van der Waals surface area contributed by atoms with Gasteiger partial charge in [0.25, 0.3) is 5.69 Å². The Morgan fingerprint density at radius 1 is 1.47 bits per heavy atom. The summed E-state index contributed by atoms with van der Waals surface area (Å²) in [5, 5.41) is 30.3. The number of non-ortho nitro benzene ring substituents is 1. The van der Waals surface area contributed by atoms with E-state index in [1.54, 1.807) is 0 Å². The van der Waals surface area contributed by atoms with Crippen molar-refractivity contribution in [3.05, 3.63) is 33.9 Å². The molecule has 1 aromatic carbocycles. The summed E-state index contributed by atoms with van der Waals surface area (Å²) in [7, 11) is 0. The Hall–Kier alpha value is -1.37. The zero-order valence-electron chi connectivity index (χ0n) is 10.8. The van der Waals surface area contributed by atoms with Crippen molar-refractivity contribution in [3.8, 4) is 5.75 Å². The van der Waals surface area contributed by atoms with E-state index in [2.05, 4.69) is 0 Å². The molecule has 1 aromatic rings. The van der Waals surface area contributed by atoms with Gasteiger partial charge in [-0.2, -0.15) is 0 Å². The number of aromatic hydroxyl groups is 1. The van der Waals surface area contributed by atoms with E-state index in [0.29, 0.717) is 0 Å². The first-order valence-corrected chi connectivity index (χ1v) is 5.79. The summed E-state index contributed by atoms with van der Waals surface area (Å²) >= 11 is 0. The minimum atomic E-state index is -0.858. The molecule has 0 aliphatic heterocycles. The predicted molar refractivity (Wildman–Crippen MR) is 74.4 cm³/mol. The molecule has 0 spiro atoms. The van der Waals surface area contributed by atoms with Gasteiger partial charge in [0.05, 0.1) is 17.1 Å². The number of benzene rings is 1. The SMILES string of the molecule is CCC(C)[C@H](O)[C@H](N)c1cc([N+](=O)[O-])ccc1O.Cl. The van der Waals surface area contributed by atoms with Crippen LogP contribution in [-0.2, 0) is 0 Å². The maximum Gasteiger partial charge on any atom is 0.270 e. The summed E-state index contributed by atoms with van der Waals surface area (Å²) in [4.78, 5) is 10.1. The van der Waals surface area contributed by atoms with E-state index in [4.69, 9.17) is 5.73 Å². The van der Waals surface area contributed by atoms with Crippen LogP contribution in [-0.4, -0.2) is 21.2 Å². The minimum absolute atomic E-state index is 0. The van der Waals surface area contributed by atoms with E-state index in [1.165, 1.54) is 18.2 Å². The fourth-order valence-corrected chi connectivity index (χ4v) is 1.70. The molecule has 4 N–H and O–H groups in total. The number of hydrogen-bond donors (Lipinski definition) is 3. The van der Waals surface area contributed by atoms with Crippen LogP contribution in [0, 0.1) is 16.0 Å². The standard InChI is InChI=1S/C12H18N2O4.ClH/c1-3-7(2)12(16)11(13)9-6-8(14(17)18)4-5-10(9)15;/h4-7,11-12,15-16H,3,13H2,1-2H3;1H/t7?,11-,12+;/m1./s1. The van der Waals surface area contributed by atoms with Gasteiger partial charge in [-0.25, -0.2) is 0 Å². The summed E-state index contributed by atoms with van der Waals surface area (Å²) in [6.07, 6.45) is -0.132. The van der Waals surface area contributed by atoms with Crippen molar-refractivity contribution in [2.24, 2.45) is 11.7 Å². The molecule has 0 saturated carbocycles. The molecule has 0 aliphatic rings. The van der Waals surface area contributed by atoms with Crippen LogP contribution in [0.3, 0.4) is 0 Å². The second-order valence-electron chi connectivity index (χ2n) is 4.40. The average molecular weight is 291 g/mol. The van der Waals surface area contributed by atoms with Gasteiger partial charge >= 0.3 is 0 Å². The smallest absolute Gasteiger partial charge is 0.270 e. The van der Waals surface area contributed by atoms with Crippen LogP contribution in [0.5, 0.6) is 5.75 Å². The van der Waals surface area contributed by atoms with E-state index in [9.17, 15) is 20.3 Å². The van der Waals surface area contributed by atoms with Crippen molar-refractivity contribution in [1.82, 2.24) is 0 Å². The van der Waals surface area contributed by atoms with Gasteiger partial charge in [0, 0.05) is 17.7 Å². The van der Waals surface area contributed by atoms with Gasteiger partial charge in [0.2, 0.25) is 0 Å². The van der Waals surface area contributed by atoms with Crippen molar-refractivity contribution >= 4 is 18.1 Å². The second kappa shape index (κ2) is 7.28. The minimum Gasteiger partial charge on any atom is -0.508 e. The quantitative estimate of drug-likeness (QED) is 0.568. The number of phenolic OH excluding ortho intramolecular Hbond substituents is 1. The number of nitrogens with zero attached hydrogens (tertiary/aromatic N) is 1. The molecule has 0 heterocycles. The molecule has 19 heavy (non-hydrogen) atoms. The fraction of sp³-hybridized carbons (Fsp3) is 0.500. The number of rotatable bonds is 5. The van der Waals surface area contributed by atoms with E-state index in [1.807, 2.05) is 13.8 Å². The zero-order valence-corrected chi connectivity index (χ0v) is 11.6. The predicted octanol–water partition coefficient (Wildman–Crippen LogP) is 2.13. The Balaban J connectivity index is 0.00000324. The highest BCUT2D eigenvalue weighted by Crippen LogP contribution is 2.31. The van der Waals surface area contributed by atoms with Crippen molar-refractivity contribution in [2.75, 3.05) is 0 Å². The van der Waals surface area contributed by atoms with Crippen LogP contribution in [0.1, 0.15) is 31.9 Å². The molecule has 0 amide bonds. The van der Waals surface area contributed by atoms with E-state index < -0.39 is 17.1 Å². The van der Waals surface area contributed by atoms with Gasteiger partial charge in [0.15, 0.2) is 0 Å². The second-order valence-corrected chi connectivity index (χ2v) is 4.40. The van der Waals surface area contributed by atoms with Gasteiger partial charge in [-0.05, 0) is 12.0 Å². The van der Waals surface area contributed by atoms with Gasteiger partial charge in [-0.3, -0.25) is 10.1 Å². The van der Waals surface area contributed by atoms with Crippen LogP contribution >= 0.6 is 12.4 Å². The van der Waals surface area contributed by atoms with Crippen molar-refractivity contribution in [2.45, 2.75) is 32.4 Å². The Labute approximate surface area is 117 Å². The number of nitro benzene ring substituents is 1. The van der Waals surface area contributed by atoms with Gasteiger partial charge in [0.1, 0.15) is 5.75 Å². The molecule has 1 unspecified atom stereocenters. The molecule has 0 saturated heterocycles. The summed E-state index contributed by atoms with van der Waals surface area (Å²) in [6.45, 7) is 3.74. The lowest BCUT2D eigenvalue weighted by atomic mass is 9.91. The first kappa shape index (κ1) is 17.6. The van der Waals surface area contributed by atoms with Gasteiger partial charge in [-0.15, -0.1) is 12.4 Å². The van der Waals surface area contributed by atoms with E-state index in [0.717, 1.165) is 6.42 Å². The number of aliphatic hydroxyl groups excluding tert-OH is 1. The number of aliphatic hydroxyl groups is 1. The number of hydrogen-bond acceptors (Lipinski definition) is 5. The number of nitrogens with two attached hydrogens (primary N) is 1. The number of phenols is 1. The van der Waals surface area contributed by atoms with Crippen molar-refractivity contribution in [3.63, 3.8) is 0 Å². The lowest BCUT2D eigenvalue weighted by Crippen LogP contribution is -2.31. The molecule has 108 valence electrons. The molecular weight excluding hydrogens is 272 g/mol. The number of nitro groups is 1. The summed E-state index contributed by atoms with van der Waals surface area (Å²) in [5.74, 6) is -0.200. The average Bonchev–Trinajstić information content (AvgIpc) is 2.36. The Kier molecular flexibility index (Phi) is 6.75. The molecule has 0 radical (unpaired) electrons. The lowest BCUT2D eigenvalue weighted by Gasteiger charge is -2.24.